The Morgan fingerprint density at radius 1 is 1.27 bits per heavy atom. The van der Waals surface area contributed by atoms with Gasteiger partial charge >= 0.3 is 0 Å². The molecule has 1 N–H and O–H groups in total. The first kappa shape index (κ1) is 14.2. The van der Waals surface area contributed by atoms with Gasteiger partial charge in [0.15, 0.2) is 0 Å². The van der Waals surface area contributed by atoms with Crippen LogP contribution in [-0.2, 0) is 6.54 Å². The van der Waals surface area contributed by atoms with E-state index in [1.165, 1.54) is 38.6 Å². The van der Waals surface area contributed by atoms with E-state index < -0.39 is 0 Å². The molecule has 4 rings (SSSR count). The van der Waals surface area contributed by atoms with E-state index in [0.29, 0.717) is 17.7 Å². The van der Waals surface area contributed by atoms with Crippen LogP contribution in [0.15, 0.2) is 6.20 Å². The molecular weight excluding hydrogens is 276 g/mol. The Morgan fingerprint density at radius 3 is 2.77 bits per heavy atom. The third kappa shape index (κ3) is 2.78. The van der Waals surface area contributed by atoms with Gasteiger partial charge in [-0.3, -0.25) is 9.69 Å². The molecule has 5 nitrogen and oxygen atoms in total. The van der Waals surface area contributed by atoms with E-state index in [2.05, 4.69) is 26.7 Å². The largest absolute Gasteiger partial charge is 0.350 e. The van der Waals surface area contributed by atoms with Gasteiger partial charge in [-0.25, -0.2) is 4.98 Å². The Kier molecular flexibility index (Phi) is 3.68. The van der Waals surface area contributed by atoms with Crippen molar-refractivity contribution in [1.82, 2.24) is 19.8 Å². The quantitative estimate of drug-likeness (QED) is 0.907. The second-order valence-electron chi connectivity index (χ2n) is 7.30. The highest BCUT2D eigenvalue weighted by Gasteiger charge is 2.30. The smallest absolute Gasteiger partial charge is 0.271 e. The summed E-state index contributed by atoms with van der Waals surface area (Å²) in [4.78, 5) is 19.4. The van der Waals surface area contributed by atoms with Crippen LogP contribution in [0, 0.1) is 11.8 Å². The average molecular weight is 302 g/mol. The SMILES string of the molecule is C[C@@H]1c2nc(C(=O)NCC3CC3)cn2CCN1CC1CCC1. The molecule has 22 heavy (non-hydrogen) atoms. The molecule has 5 heteroatoms. The van der Waals surface area contributed by atoms with Gasteiger partial charge in [-0.2, -0.15) is 0 Å². The molecule has 1 atom stereocenters. The zero-order chi connectivity index (χ0) is 15.1. The van der Waals surface area contributed by atoms with Gasteiger partial charge in [-0.05, 0) is 44.4 Å². The summed E-state index contributed by atoms with van der Waals surface area (Å²) in [5.41, 5.74) is 0.591. The fraction of sp³-hybridized carbons (Fsp3) is 0.765. The van der Waals surface area contributed by atoms with Crippen LogP contribution in [0.5, 0.6) is 0 Å². The van der Waals surface area contributed by atoms with Gasteiger partial charge in [0.25, 0.3) is 5.91 Å². The van der Waals surface area contributed by atoms with Crippen molar-refractivity contribution in [2.24, 2.45) is 11.8 Å². The van der Waals surface area contributed by atoms with Crippen molar-refractivity contribution in [3.05, 3.63) is 17.7 Å². The van der Waals surface area contributed by atoms with Crippen LogP contribution >= 0.6 is 0 Å². The Hall–Kier alpha value is -1.36. The summed E-state index contributed by atoms with van der Waals surface area (Å²) in [6.45, 7) is 6.25. The van der Waals surface area contributed by atoms with Crippen molar-refractivity contribution in [3.8, 4) is 0 Å². The lowest BCUT2D eigenvalue weighted by atomic mass is 9.84. The highest BCUT2D eigenvalue weighted by molar-refractivity contribution is 5.92. The van der Waals surface area contributed by atoms with Gasteiger partial charge < -0.3 is 9.88 Å². The highest BCUT2D eigenvalue weighted by atomic mass is 16.1. The number of amides is 1. The Bertz CT molecular complexity index is 559. The molecule has 1 amide bonds. The lowest BCUT2D eigenvalue weighted by Crippen LogP contribution is -2.41. The number of rotatable bonds is 5. The van der Waals surface area contributed by atoms with Gasteiger partial charge in [0.1, 0.15) is 11.5 Å². The fourth-order valence-electron chi connectivity index (χ4n) is 3.55. The maximum absolute atomic E-state index is 12.2. The summed E-state index contributed by atoms with van der Waals surface area (Å²) in [6, 6.07) is 0.319. The van der Waals surface area contributed by atoms with E-state index in [-0.39, 0.29) is 5.91 Å². The number of nitrogens with one attached hydrogen (secondary N) is 1. The zero-order valence-corrected chi connectivity index (χ0v) is 13.4. The molecule has 0 aromatic carbocycles. The maximum atomic E-state index is 12.2. The molecule has 0 bridgehead atoms. The van der Waals surface area contributed by atoms with E-state index in [4.69, 9.17) is 0 Å². The third-order valence-electron chi connectivity index (χ3n) is 5.56. The molecule has 0 unspecified atom stereocenters. The molecule has 0 spiro atoms. The van der Waals surface area contributed by atoms with Crippen molar-refractivity contribution in [1.29, 1.82) is 0 Å². The number of aromatic nitrogens is 2. The van der Waals surface area contributed by atoms with Crippen LogP contribution < -0.4 is 5.32 Å². The van der Waals surface area contributed by atoms with Gasteiger partial charge in [0.2, 0.25) is 0 Å². The zero-order valence-electron chi connectivity index (χ0n) is 13.4. The minimum Gasteiger partial charge on any atom is -0.350 e. The van der Waals surface area contributed by atoms with Gasteiger partial charge in [-0.1, -0.05) is 6.42 Å². The van der Waals surface area contributed by atoms with Gasteiger partial charge in [0, 0.05) is 32.4 Å². The summed E-state index contributed by atoms with van der Waals surface area (Å²) >= 11 is 0. The summed E-state index contributed by atoms with van der Waals surface area (Å²) < 4.78 is 2.17. The maximum Gasteiger partial charge on any atom is 0.271 e. The van der Waals surface area contributed by atoms with Gasteiger partial charge in [0.05, 0.1) is 6.04 Å². The fourth-order valence-corrected chi connectivity index (χ4v) is 3.55. The molecular formula is C17H26N4O. The van der Waals surface area contributed by atoms with Crippen molar-refractivity contribution in [3.63, 3.8) is 0 Å². The molecule has 2 aliphatic carbocycles. The summed E-state index contributed by atoms with van der Waals surface area (Å²) in [5, 5.41) is 3.02. The van der Waals surface area contributed by atoms with Crippen molar-refractivity contribution >= 4 is 5.91 Å². The molecule has 0 saturated heterocycles. The van der Waals surface area contributed by atoms with Gasteiger partial charge in [-0.15, -0.1) is 0 Å². The highest BCUT2D eigenvalue weighted by Crippen LogP contribution is 2.32. The topological polar surface area (TPSA) is 50.2 Å². The number of carbonyl (C=O) groups excluding carboxylic acids is 1. The average Bonchev–Trinajstić information content (AvgIpc) is 3.19. The summed E-state index contributed by atoms with van der Waals surface area (Å²) in [5.74, 6) is 2.64. The summed E-state index contributed by atoms with van der Waals surface area (Å²) in [6.07, 6.45) is 8.61. The van der Waals surface area contributed by atoms with E-state index in [0.717, 1.165) is 31.4 Å². The molecule has 1 aromatic heterocycles. The molecule has 1 aliphatic heterocycles. The minimum atomic E-state index is -0.00783. The number of nitrogens with zero attached hydrogens (tertiary/aromatic N) is 3. The lowest BCUT2D eigenvalue weighted by Gasteiger charge is -2.38. The molecule has 2 heterocycles. The van der Waals surface area contributed by atoms with Crippen LogP contribution in [0.25, 0.3) is 0 Å². The molecule has 2 saturated carbocycles. The monoisotopic (exact) mass is 302 g/mol. The van der Waals surface area contributed by atoms with E-state index in [1.807, 2.05) is 6.20 Å². The van der Waals surface area contributed by atoms with Crippen LogP contribution in [0.1, 0.15) is 61.4 Å². The molecule has 3 aliphatic rings. The van der Waals surface area contributed by atoms with Crippen LogP contribution in [-0.4, -0.2) is 40.0 Å². The first-order valence-electron chi connectivity index (χ1n) is 8.80. The lowest BCUT2D eigenvalue weighted by molar-refractivity contribution is 0.0946. The van der Waals surface area contributed by atoms with Crippen molar-refractivity contribution in [2.75, 3.05) is 19.6 Å². The van der Waals surface area contributed by atoms with Crippen molar-refractivity contribution < 1.29 is 4.79 Å². The Labute approximate surface area is 132 Å². The standard InChI is InChI=1S/C17H26N4O/c1-12-16-19-15(17(22)18-9-13-5-6-13)11-21(16)8-7-20(12)10-14-3-2-4-14/h11-14H,2-10H2,1H3,(H,18,22)/t12-/m1/s1. The van der Waals surface area contributed by atoms with Crippen LogP contribution in [0.3, 0.4) is 0 Å². The number of hydrogen-bond acceptors (Lipinski definition) is 3. The normalized spacial score (nSPS) is 25.6. The van der Waals surface area contributed by atoms with Crippen molar-refractivity contribution in [2.45, 2.75) is 51.6 Å². The molecule has 1 aromatic rings. The Balaban J connectivity index is 1.42. The number of imidazole rings is 1. The number of carbonyl (C=O) groups is 1. The molecule has 0 radical (unpaired) electrons. The Morgan fingerprint density at radius 2 is 2.09 bits per heavy atom. The second-order valence-corrected chi connectivity index (χ2v) is 7.30. The van der Waals surface area contributed by atoms with Crippen LogP contribution in [0.4, 0.5) is 0 Å². The van der Waals surface area contributed by atoms with Crippen LogP contribution in [0.2, 0.25) is 0 Å². The predicted molar refractivity (Wildman–Crippen MR) is 84.6 cm³/mol. The first-order chi connectivity index (χ1) is 10.7. The summed E-state index contributed by atoms with van der Waals surface area (Å²) in [7, 11) is 0. The first-order valence-corrected chi connectivity index (χ1v) is 8.80. The number of hydrogen-bond donors (Lipinski definition) is 1. The predicted octanol–water partition coefficient (Wildman–Crippen LogP) is 2.20. The van der Waals surface area contributed by atoms with E-state index in [9.17, 15) is 4.79 Å². The van der Waals surface area contributed by atoms with E-state index >= 15 is 0 Å². The minimum absolute atomic E-state index is 0.00783. The molecule has 2 fully saturated rings. The second kappa shape index (κ2) is 5.69. The molecule has 120 valence electrons. The third-order valence-corrected chi connectivity index (χ3v) is 5.56. The van der Waals surface area contributed by atoms with E-state index in [1.54, 1.807) is 0 Å². The number of fused-ring (bicyclic) bond motifs is 1.